The highest BCUT2D eigenvalue weighted by Gasteiger charge is 2.04. The highest BCUT2D eigenvalue weighted by molar-refractivity contribution is 5.73. The second-order valence-electron chi connectivity index (χ2n) is 3.44. The van der Waals surface area contributed by atoms with E-state index in [4.69, 9.17) is 0 Å². The van der Waals surface area contributed by atoms with Crippen molar-refractivity contribution in [2.45, 2.75) is 13.8 Å². The lowest BCUT2D eigenvalue weighted by molar-refractivity contribution is 0.111. The summed E-state index contributed by atoms with van der Waals surface area (Å²) in [6.45, 7) is 3.86. The topological polar surface area (TPSA) is 58.6 Å². The molecule has 76 valence electrons. The van der Waals surface area contributed by atoms with E-state index in [1.54, 1.807) is 0 Å². The molecule has 0 bridgehead atoms. The molecule has 1 N–H and O–H groups in total. The van der Waals surface area contributed by atoms with E-state index in [1.165, 1.54) is 6.20 Å². The Hall–Kier alpha value is -1.97. The van der Waals surface area contributed by atoms with Gasteiger partial charge in [0.05, 0.1) is 11.9 Å². The zero-order chi connectivity index (χ0) is 10.8. The van der Waals surface area contributed by atoms with Crippen molar-refractivity contribution in [3.63, 3.8) is 0 Å². The minimum Gasteiger partial charge on any atom is -0.336 e. The Morgan fingerprint density at radius 2 is 1.93 bits per heavy atom. The van der Waals surface area contributed by atoms with E-state index in [1.807, 2.05) is 26.0 Å². The van der Waals surface area contributed by atoms with Crippen LogP contribution in [0.5, 0.6) is 0 Å². The van der Waals surface area contributed by atoms with Gasteiger partial charge in [-0.25, -0.2) is 4.98 Å². The molecule has 2 aromatic heterocycles. The van der Waals surface area contributed by atoms with Crippen LogP contribution in [0.25, 0.3) is 11.4 Å². The summed E-state index contributed by atoms with van der Waals surface area (Å²) in [6, 6.07) is 3.86. The molecule has 0 radical (unpaired) electrons. The molecule has 2 rings (SSSR count). The zero-order valence-corrected chi connectivity index (χ0v) is 8.61. The van der Waals surface area contributed by atoms with E-state index in [9.17, 15) is 4.79 Å². The number of pyridine rings is 1. The second kappa shape index (κ2) is 3.65. The monoisotopic (exact) mass is 201 g/mol. The van der Waals surface area contributed by atoms with Gasteiger partial charge in [0.1, 0.15) is 5.82 Å². The van der Waals surface area contributed by atoms with Gasteiger partial charge in [-0.2, -0.15) is 0 Å². The Morgan fingerprint density at radius 1 is 1.27 bits per heavy atom. The molecule has 0 aromatic carbocycles. The number of imidazole rings is 1. The average molecular weight is 201 g/mol. The first kappa shape index (κ1) is 9.58. The highest BCUT2D eigenvalue weighted by atomic mass is 16.1. The molecule has 0 aliphatic carbocycles. The van der Waals surface area contributed by atoms with Crippen LogP contribution in [0.2, 0.25) is 0 Å². The van der Waals surface area contributed by atoms with Crippen LogP contribution in [-0.4, -0.2) is 21.2 Å². The summed E-state index contributed by atoms with van der Waals surface area (Å²) in [5.74, 6) is 0.700. The van der Waals surface area contributed by atoms with Gasteiger partial charge in [-0.05, 0) is 26.0 Å². The van der Waals surface area contributed by atoms with E-state index >= 15 is 0 Å². The smallest absolute Gasteiger partial charge is 0.167 e. The van der Waals surface area contributed by atoms with Crippen LogP contribution in [-0.2, 0) is 0 Å². The van der Waals surface area contributed by atoms with Crippen molar-refractivity contribution in [2.75, 3.05) is 0 Å². The van der Waals surface area contributed by atoms with Crippen molar-refractivity contribution in [3.05, 3.63) is 35.4 Å². The Kier molecular flexibility index (Phi) is 2.33. The van der Waals surface area contributed by atoms with E-state index in [0.29, 0.717) is 11.5 Å². The molecule has 0 fully saturated rings. The lowest BCUT2D eigenvalue weighted by Gasteiger charge is -2.00. The number of hydrogen-bond donors (Lipinski definition) is 1. The molecule has 0 aliphatic rings. The van der Waals surface area contributed by atoms with Gasteiger partial charge in [0.2, 0.25) is 0 Å². The summed E-state index contributed by atoms with van der Waals surface area (Å²) < 4.78 is 0. The third-order valence-electron chi connectivity index (χ3n) is 2.08. The number of carbonyl (C=O) groups excluding carboxylic acids is 1. The third kappa shape index (κ3) is 1.93. The first-order valence-electron chi connectivity index (χ1n) is 4.65. The number of aldehydes is 1. The zero-order valence-electron chi connectivity index (χ0n) is 8.61. The van der Waals surface area contributed by atoms with Crippen LogP contribution in [0.1, 0.15) is 21.9 Å². The molecule has 0 amide bonds. The van der Waals surface area contributed by atoms with Crippen molar-refractivity contribution in [3.8, 4) is 11.4 Å². The van der Waals surface area contributed by atoms with E-state index in [-0.39, 0.29) is 0 Å². The Morgan fingerprint density at radius 3 is 2.47 bits per heavy atom. The standard InChI is InChI=1S/C11H11N3O/c1-7-3-9(4-8(2)13-7)11-12-5-10(6-15)14-11/h3-6H,1-2H3,(H,12,14). The van der Waals surface area contributed by atoms with Crippen molar-refractivity contribution in [2.24, 2.45) is 0 Å². The normalized spacial score (nSPS) is 10.3. The van der Waals surface area contributed by atoms with Crippen LogP contribution < -0.4 is 0 Å². The minimum atomic E-state index is 0.483. The molecular formula is C11H11N3O. The van der Waals surface area contributed by atoms with Crippen molar-refractivity contribution < 1.29 is 4.79 Å². The van der Waals surface area contributed by atoms with Crippen LogP contribution >= 0.6 is 0 Å². The van der Waals surface area contributed by atoms with Gasteiger partial charge in [-0.15, -0.1) is 0 Å². The number of H-pyrrole nitrogens is 1. The first-order valence-corrected chi connectivity index (χ1v) is 4.65. The lowest BCUT2D eigenvalue weighted by Crippen LogP contribution is -1.89. The van der Waals surface area contributed by atoms with Crippen LogP contribution in [0.4, 0.5) is 0 Å². The van der Waals surface area contributed by atoms with Crippen molar-refractivity contribution >= 4 is 6.29 Å². The molecule has 0 atom stereocenters. The van der Waals surface area contributed by atoms with Crippen molar-refractivity contribution in [1.82, 2.24) is 15.0 Å². The van der Waals surface area contributed by atoms with E-state index < -0.39 is 0 Å². The summed E-state index contributed by atoms with van der Waals surface area (Å²) in [7, 11) is 0. The second-order valence-corrected chi connectivity index (χ2v) is 3.44. The van der Waals surface area contributed by atoms with Gasteiger partial charge in [0, 0.05) is 17.0 Å². The molecular weight excluding hydrogens is 190 g/mol. The maximum Gasteiger partial charge on any atom is 0.167 e. The summed E-state index contributed by atoms with van der Waals surface area (Å²) in [5, 5.41) is 0. The predicted octanol–water partition coefficient (Wildman–Crippen LogP) is 1.90. The maximum absolute atomic E-state index is 10.5. The maximum atomic E-state index is 10.5. The Bertz CT molecular complexity index is 482. The van der Waals surface area contributed by atoms with Gasteiger partial charge < -0.3 is 4.98 Å². The fourth-order valence-corrected chi connectivity index (χ4v) is 1.51. The molecule has 0 unspecified atom stereocenters. The molecule has 15 heavy (non-hydrogen) atoms. The molecule has 0 saturated heterocycles. The predicted molar refractivity (Wildman–Crippen MR) is 56.7 cm³/mol. The molecule has 2 heterocycles. The number of aryl methyl sites for hydroxylation is 2. The number of aromatic amines is 1. The molecule has 2 aromatic rings. The highest BCUT2D eigenvalue weighted by Crippen LogP contribution is 2.16. The molecule has 4 nitrogen and oxygen atoms in total. The van der Waals surface area contributed by atoms with Gasteiger partial charge in [0.25, 0.3) is 0 Å². The van der Waals surface area contributed by atoms with Crippen LogP contribution in [0.3, 0.4) is 0 Å². The van der Waals surface area contributed by atoms with Crippen LogP contribution in [0.15, 0.2) is 18.3 Å². The molecule has 0 spiro atoms. The van der Waals surface area contributed by atoms with Gasteiger partial charge >= 0.3 is 0 Å². The summed E-state index contributed by atoms with van der Waals surface area (Å²) in [5.41, 5.74) is 3.31. The van der Waals surface area contributed by atoms with Gasteiger partial charge in [-0.3, -0.25) is 9.78 Å². The number of hydrogen-bond acceptors (Lipinski definition) is 3. The largest absolute Gasteiger partial charge is 0.336 e. The SMILES string of the molecule is Cc1cc(-c2ncc(C=O)[nH]2)cc(C)n1. The quantitative estimate of drug-likeness (QED) is 0.755. The fraction of sp³-hybridized carbons (Fsp3) is 0.182. The number of carbonyl (C=O) groups is 1. The minimum absolute atomic E-state index is 0.483. The number of rotatable bonds is 2. The molecule has 0 aliphatic heterocycles. The van der Waals surface area contributed by atoms with Gasteiger partial charge in [0.15, 0.2) is 6.29 Å². The van der Waals surface area contributed by atoms with E-state index in [2.05, 4.69) is 15.0 Å². The van der Waals surface area contributed by atoms with Crippen molar-refractivity contribution in [1.29, 1.82) is 0 Å². The average Bonchev–Trinajstić information content (AvgIpc) is 2.64. The van der Waals surface area contributed by atoms with Gasteiger partial charge in [-0.1, -0.05) is 0 Å². The Labute approximate surface area is 87.4 Å². The first-order chi connectivity index (χ1) is 7.19. The molecule has 0 saturated carbocycles. The third-order valence-corrected chi connectivity index (χ3v) is 2.08. The fourth-order valence-electron chi connectivity index (χ4n) is 1.51. The lowest BCUT2D eigenvalue weighted by atomic mass is 10.2. The van der Waals surface area contributed by atoms with E-state index in [0.717, 1.165) is 23.2 Å². The molecule has 4 heteroatoms. The van der Waals surface area contributed by atoms with Crippen LogP contribution in [0, 0.1) is 13.8 Å². The number of nitrogens with one attached hydrogen (secondary N) is 1. The summed E-state index contributed by atoms with van der Waals surface area (Å²) in [6.07, 6.45) is 2.27. The summed E-state index contributed by atoms with van der Waals surface area (Å²) in [4.78, 5) is 21.8. The summed E-state index contributed by atoms with van der Waals surface area (Å²) >= 11 is 0. The Balaban J connectivity index is 2.48. The number of nitrogens with zero attached hydrogens (tertiary/aromatic N) is 2. The number of aromatic nitrogens is 3.